The Hall–Kier alpha value is -1.50. The third-order valence-electron chi connectivity index (χ3n) is 5.42. The number of halogens is 1. The summed E-state index contributed by atoms with van der Waals surface area (Å²) in [5.41, 5.74) is 0.747. The molecule has 1 unspecified atom stereocenters. The Morgan fingerprint density at radius 1 is 1.23 bits per heavy atom. The van der Waals surface area contributed by atoms with E-state index in [2.05, 4.69) is 4.90 Å². The Balaban J connectivity index is 1.46. The van der Waals surface area contributed by atoms with Crippen molar-refractivity contribution in [1.29, 1.82) is 0 Å². The fourth-order valence-electron chi connectivity index (χ4n) is 4.03. The lowest BCUT2D eigenvalue weighted by Gasteiger charge is -2.35. The average Bonchev–Trinajstić information content (AvgIpc) is 3.11. The molecule has 2 heterocycles. The second kappa shape index (κ2) is 9.44. The van der Waals surface area contributed by atoms with Crippen molar-refractivity contribution >= 4 is 5.97 Å². The predicted molar refractivity (Wildman–Crippen MR) is 97.5 cm³/mol. The Morgan fingerprint density at radius 2 is 2.00 bits per heavy atom. The number of nitrogens with zero attached hydrogens (tertiary/aromatic N) is 2. The van der Waals surface area contributed by atoms with Gasteiger partial charge < -0.3 is 9.84 Å². The number of hydrogen-bond donors (Lipinski definition) is 1. The van der Waals surface area contributed by atoms with E-state index in [1.165, 1.54) is 6.07 Å². The van der Waals surface area contributed by atoms with Gasteiger partial charge in [-0.3, -0.25) is 14.6 Å². The molecule has 1 N–H and O–H groups in total. The van der Waals surface area contributed by atoms with Gasteiger partial charge in [0.05, 0.1) is 12.6 Å². The lowest BCUT2D eigenvalue weighted by Crippen LogP contribution is -2.42. The van der Waals surface area contributed by atoms with E-state index < -0.39 is 5.97 Å². The smallest absolute Gasteiger partial charge is 0.317 e. The minimum absolute atomic E-state index is 0.0787. The van der Waals surface area contributed by atoms with Crippen molar-refractivity contribution in [2.75, 3.05) is 39.3 Å². The zero-order chi connectivity index (χ0) is 18.4. The minimum Gasteiger partial charge on any atom is -0.480 e. The molecule has 0 aromatic heterocycles. The molecule has 2 saturated heterocycles. The molecule has 5 nitrogen and oxygen atoms in total. The molecule has 1 aromatic rings. The number of carboxylic acid groups (broad SMARTS) is 1. The third-order valence-corrected chi connectivity index (χ3v) is 5.42. The molecule has 144 valence electrons. The van der Waals surface area contributed by atoms with E-state index >= 15 is 0 Å². The van der Waals surface area contributed by atoms with Gasteiger partial charge in [0, 0.05) is 31.8 Å². The SMILES string of the molecule is O=C(O)CN(CC1CCN(Cc2ccccc2F)CC1)CC1CCCO1. The summed E-state index contributed by atoms with van der Waals surface area (Å²) in [7, 11) is 0. The summed E-state index contributed by atoms with van der Waals surface area (Å²) in [6.45, 7) is 4.89. The fourth-order valence-corrected chi connectivity index (χ4v) is 4.03. The summed E-state index contributed by atoms with van der Waals surface area (Å²) >= 11 is 0. The lowest BCUT2D eigenvalue weighted by molar-refractivity contribution is -0.138. The minimum atomic E-state index is -0.778. The summed E-state index contributed by atoms with van der Waals surface area (Å²) in [6, 6.07) is 6.95. The number of aliphatic carboxylic acids is 1. The number of benzene rings is 1. The van der Waals surface area contributed by atoms with Gasteiger partial charge >= 0.3 is 5.97 Å². The fraction of sp³-hybridized carbons (Fsp3) is 0.650. The van der Waals surface area contributed by atoms with Crippen molar-refractivity contribution in [3.05, 3.63) is 35.6 Å². The number of hydrogen-bond acceptors (Lipinski definition) is 4. The Bertz CT molecular complexity index is 584. The largest absolute Gasteiger partial charge is 0.480 e. The normalized spacial score (nSPS) is 22.2. The maximum atomic E-state index is 13.8. The van der Waals surface area contributed by atoms with Crippen LogP contribution < -0.4 is 0 Å². The molecular formula is C20H29FN2O3. The first-order valence-corrected chi connectivity index (χ1v) is 9.61. The summed E-state index contributed by atoms with van der Waals surface area (Å²) in [5.74, 6) is -0.425. The van der Waals surface area contributed by atoms with E-state index in [-0.39, 0.29) is 18.5 Å². The quantitative estimate of drug-likeness (QED) is 0.768. The van der Waals surface area contributed by atoms with E-state index in [0.29, 0.717) is 19.0 Å². The molecule has 0 saturated carbocycles. The van der Waals surface area contributed by atoms with Gasteiger partial charge in [-0.15, -0.1) is 0 Å². The highest BCUT2D eigenvalue weighted by Gasteiger charge is 2.25. The van der Waals surface area contributed by atoms with Crippen LogP contribution in [0.2, 0.25) is 0 Å². The van der Waals surface area contributed by atoms with E-state index in [4.69, 9.17) is 4.74 Å². The topological polar surface area (TPSA) is 53.0 Å². The number of piperidine rings is 1. The Morgan fingerprint density at radius 3 is 2.65 bits per heavy atom. The zero-order valence-corrected chi connectivity index (χ0v) is 15.3. The van der Waals surface area contributed by atoms with Crippen LogP contribution in [0, 0.1) is 11.7 Å². The number of carbonyl (C=O) groups is 1. The van der Waals surface area contributed by atoms with E-state index in [0.717, 1.165) is 57.5 Å². The highest BCUT2D eigenvalue weighted by atomic mass is 19.1. The third kappa shape index (κ3) is 5.76. The summed E-state index contributed by atoms with van der Waals surface area (Å²) in [6.07, 6.45) is 4.32. The van der Waals surface area contributed by atoms with Gasteiger partial charge in [0.1, 0.15) is 5.82 Å². The molecule has 0 aliphatic carbocycles. The van der Waals surface area contributed by atoms with Crippen LogP contribution in [0.3, 0.4) is 0 Å². The summed E-state index contributed by atoms with van der Waals surface area (Å²) < 4.78 is 19.5. The van der Waals surface area contributed by atoms with Crippen LogP contribution in [0.1, 0.15) is 31.2 Å². The number of likely N-dealkylation sites (tertiary alicyclic amines) is 1. The first kappa shape index (κ1) is 19.3. The highest BCUT2D eigenvalue weighted by Crippen LogP contribution is 2.22. The second-order valence-electron chi connectivity index (χ2n) is 7.53. The van der Waals surface area contributed by atoms with Crippen molar-refractivity contribution in [1.82, 2.24) is 9.80 Å². The molecule has 2 aliphatic rings. The Kier molecular flexibility index (Phi) is 7.00. The molecular weight excluding hydrogens is 335 g/mol. The maximum Gasteiger partial charge on any atom is 0.317 e. The van der Waals surface area contributed by atoms with Crippen molar-refractivity contribution in [3.63, 3.8) is 0 Å². The maximum absolute atomic E-state index is 13.8. The van der Waals surface area contributed by atoms with Crippen molar-refractivity contribution < 1.29 is 19.0 Å². The first-order valence-electron chi connectivity index (χ1n) is 9.61. The van der Waals surface area contributed by atoms with Crippen molar-refractivity contribution in [2.24, 2.45) is 5.92 Å². The number of carboxylic acids is 1. The van der Waals surface area contributed by atoms with Crippen molar-refractivity contribution in [2.45, 2.75) is 38.3 Å². The molecule has 0 spiro atoms. The van der Waals surface area contributed by atoms with Crippen LogP contribution in [-0.2, 0) is 16.1 Å². The molecule has 1 aromatic carbocycles. The van der Waals surface area contributed by atoms with Crippen molar-refractivity contribution in [3.8, 4) is 0 Å². The molecule has 3 rings (SSSR count). The van der Waals surface area contributed by atoms with E-state index in [1.54, 1.807) is 6.07 Å². The van der Waals surface area contributed by atoms with Crippen LogP contribution in [0.15, 0.2) is 24.3 Å². The van der Waals surface area contributed by atoms with Crippen LogP contribution in [0.4, 0.5) is 4.39 Å². The van der Waals surface area contributed by atoms with Crippen LogP contribution >= 0.6 is 0 Å². The number of ether oxygens (including phenoxy) is 1. The number of rotatable bonds is 8. The van der Waals surface area contributed by atoms with Crippen LogP contribution in [0.25, 0.3) is 0 Å². The lowest BCUT2D eigenvalue weighted by atomic mass is 9.95. The molecule has 2 aliphatic heterocycles. The molecule has 2 fully saturated rings. The molecule has 0 radical (unpaired) electrons. The monoisotopic (exact) mass is 364 g/mol. The highest BCUT2D eigenvalue weighted by molar-refractivity contribution is 5.69. The Labute approximate surface area is 154 Å². The molecule has 1 atom stereocenters. The molecule has 0 bridgehead atoms. The van der Waals surface area contributed by atoms with E-state index in [9.17, 15) is 14.3 Å². The molecule has 0 amide bonds. The summed E-state index contributed by atoms with van der Waals surface area (Å²) in [4.78, 5) is 15.5. The van der Waals surface area contributed by atoms with Crippen LogP contribution in [-0.4, -0.2) is 66.3 Å². The van der Waals surface area contributed by atoms with Gasteiger partial charge in [0.2, 0.25) is 0 Å². The molecule has 6 heteroatoms. The average molecular weight is 364 g/mol. The second-order valence-corrected chi connectivity index (χ2v) is 7.53. The van der Waals surface area contributed by atoms with Gasteiger partial charge in [0.15, 0.2) is 0 Å². The summed E-state index contributed by atoms with van der Waals surface area (Å²) in [5, 5.41) is 9.19. The van der Waals surface area contributed by atoms with Gasteiger partial charge in [-0.25, -0.2) is 4.39 Å². The van der Waals surface area contributed by atoms with Gasteiger partial charge in [-0.1, -0.05) is 18.2 Å². The molecule has 26 heavy (non-hydrogen) atoms. The predicted octanol–water partition coefficient (Wildman–Crippen LogP) is 2.60. The van der Waals surface area contributed by atoms with Gasteiger partial charge in [-0.2, -0.15) is 0 Å². The van der Waals surface area contributed by atoms with Crippen LogP contribution in [0.5, 0.6) is 0 Å². The standard InChI is InChI=1S/C20H29FN2O3/c21-19-6-2-1-4-17(19)13-22-9-7-16(8-10-22)12-23(15-20(24)25)14-18-5-3-11-26-18/h1-2,4,6,16,18H,3,5,7-15H2,(H,24,25). The first-order chi connectivity index (χ1) is 12.6. The van der Waals surface area contributed by atoms with E-state index in [1.807, 2.05) is 17.0 Å². The van der Waals surface area contributed by atoms with Gasteiger partial charge in [-0.05, 0) is 50.8 Å². The zero-order valence-electron chi connectivity index (χ0n) is 15.3. The van der Waals surface area contributed by atoms with Gasteiger partial charge in [0.25, 0.3) is 0 Å².